The Morgan fingerprint density at radius 1 is 1.31 bits per heavy atom. The topological polar surface area (TPSA) is 74.6 Å². The van der Waals surface area contributed by atoms with Gasteiger partial charge in [-0.15, -0.1) is 0 Å². The molecule has 0 radical (unpaired) electrons. The van der Waals surface area contributed by atoms with E-state index in [1.165, 1.54) is 32.1 Å². The molecule has 76 valence electrons. The number of carbonyl (C=O) groups is 2. The largest absolute Gasteiger partial charge is 0.476 e. The molecule has 0 saturated heterocycles. The first kappa shape index (κ1) is 12.1. The van der Waals surface area contributed by atoms with Gasteiger partial charge in [-0.25, -0.2) is 4.79 Å². The number of carboxylic acid groups (broad SMARTS) is 1. The van der Waals surface area contributed by atoms with E-state index >= 15 is 0 Å². The summed E-state index contributed by atoms with van der Waals surface area (Å²) >= 11 is 0. The van der Waals surface area contributed by atoms with Crippen LogP contribution in [0.5, 0.6) is 0 Å². The minimum Gasteiger partial charge on any atom is -0.476 e. The molecule has 0 heterocycles. The van der Waals surface area contributed by atoms with Crippen LogP contribution in [-0.4, -0.2) is 29.1 Å². The summed E-state index contributed by atoms with van der Waals surface area (Å²) in [5, 5.41) is 16.0. The monoisotopic (exact) mass is 188 g/mol. The molecule has 0 aromatic carbocycles. The first-order valence-corrected chi connectivity index (χ1v) is 4.49. The fourth-order valence-electron chi connectivity index (χ4n) is 1.37. The number of aliphatic hydroxyl groups is 1. The summed E-state index contributed by atoms with van der Waals surface area (Å²) in [6.07, 6.45) is 6.42. The molecule has 1 saturated carbocycles. The van der Waals surface area contributed by atoms with Crippen molar-refractivity contribution in [3.63, 3.8) is 0 Å². The summed E-state index contributed by atoms with van der Waals surface area (Å²) in [5.74, 6) is -0.784. The fourth-order valence-corrected chi connectivity index (χ4v) is 1.37. The van der Waals surface area contributed by atoms with Gasteiger partial charge in [-0.05, 0) is 18.8 Å². The minimum atomic E-state index is -1.43. The van der Waals surface area contributed by atoms with Crippen LogP contribution in [-0.2, 0) is 9.59 Å². The molecule has 1 rings (SSSR count). The first-order valence-electron chi connectivity index (χ1n) is 4.49. The predicted molar refractivity (Wildman–Crippen MR) is 47.4 cm³/mol. The van der Waals surface area contributed by atoms with Gasteiger partial charge in [0.15, 0.2) is 0 Å². The van der Waals surface area contributed by atoms with Gasteiger partial charge in [0, 0.05) is 6.61 Å². The molecule has 13 heavy (non-hydrogen) atoms. The summed E-state index contributed by atoms with van der Waals surface area (Å²) < 4.78 is 0. The van der Waals surface area contributed by atoms with E-state index in [4.69, 9.17) is 19.8 Å². The van der Waals surface area contributed by atoms with Crippen molar-refractivity contribution < 1.29 is 19.8 Å². The van der Waals surface area contributed by atoms with Gasteiger partial charge in [0.25, 0.3) is 0 Å². The van der Waals surface area contributed by atoms with Gasteiger partial charge in [-0.3, -0.25) is 4.79 Å². The lowest BCUT2D eigenvalue weighted by molar-refractivity contribution is -0.143. The Kier molecular flexibility index (Phi) is 7.20. The molecule has 0 aromatic rings. The summed E-state index contributed by atoms with van der Waals surface area (Å²) in [6.45, 7) is 0.417. The number of rotatable bonds is 2. The van der Waals surface area contributed by atoms with Gasteiger partial charge >= 0.3 is 5.97 Å². The molecule has 4 heteroatoms. The molecule has 0 unspecified atom stereocenters. The zero-order valence-electron chi connectivity index (χ0n) is 7.61. The fraction of sp³-hybridized carbons (Fsp3) is 0.778. The quantitative estimate of drug-likeness (QED) is 0.497. The van der Waals surface area contributed by atoms with Crippen LogP contribution >= 0.6 is 0 Å². The lowest BCUT2D eigenvalue weighted by Gasteiger charge is -2.18. The Labute approximate surface area is 77.6 Å². The number of carbonyl (C=O) groups excluding carboxylic acids is 1. The second-order valence-corrected chi connectivity index (χ2v) is 3.14. The standard InChI is InChI=1S/C7H14O.C2H2O3/c8-6-7-4-2-1-3-5-7;3-1-2(4)5/h7-8H,1-6H2;1H,(H,4,5). The van der Waals surface area contributed by atoms with Crippen molar-refractivity contribution in [2.45, 2.75) is 32.1 Å². The summed E-state index contributed by atoms with van der Waals surface area (Å²) in [4.78, 5) is 17.9. The lowest BCUT2D eigenvalue weighted by Crippen LogP contribution is -2.09. The van der Waals surface area contributed by atoms with Crippen molar-refractivity contribution in [3.05, 3.63) is 0 Å². The third-order valence-corrected chi connectivity index (χ3v) is 2.08. The Bertz CT molecular complexity index is 150. The van der Waals surface area contributed by atoms with E-state index in [2.05, 4.69) is 0 Å². The second kappa shape index (κ2) is 7.73. The Balaban J connectivity index is 0.000000252. The van der Waals surface area contributed by atoms with Gasteiger partial charge in [-0.2, -0.15) is 0 Å². The van der Waals surface area contributed by atoms with Crippen LogP contribution in [0.15, 0.2) is 0 Å². The number of aliphatic hydroxyl groups excluding tert-OH is 1. The maximum atomic E-state index is 9.00. The molecule has 2 N–H and O–H groups in total. The molecular weight excluding hydrogens is 172 g/mol. The van der Waals surface area contributed by atoms with Crippen molar-refractivity contribution in [1.29, 1.82) is 0 Å². The van der Waals surface area contributed by atoms with Gasteiger partial charge in [0.2, 0.25) is 6.29 Å². The average molecular weight is 188 g/mol. The molecule has 0 aliphatic heterocycles. The van der Waals surface area contributed by atoms with Crippen molar-refractivity contribution >= 4 is 12.3 Å². The highest BCUT2D eigenvalue weighted by Gasteiger charge is 2.10. The SMILES string of the molecule is O=CC(=O)O.OCC1CCCCC1. The summed E-state index contributed by atoms with van der Waals surface area (Å²) in [6, 6.07) is 0. The molecule has 4 nitrogen and oxygen atoms in total. The number of hydrogen-bond acceptors (Lipinski definition) is 3. The number of hydrogen-bond donors (Lipinski definition) is 2. The Morgan fingerprint density at radius 3 is 2.00 bits per heavy atom. The van der Waals surface area contributed by atoms with Crippen molar-refractivity contribution in [3.8, 4) is 0 Å². The van der Waals surface area contributed by atoms with E-state index in [1.54, 1.807) is 0 Å². The van der Waals surface area contributed by atoms with E-state index in [1.807, 2.05) is 0 Å². The van der Waals surface area contributed by atoms with Crippen LogP contribution in [0.1, 0.15) is 32.1 Å². The zero-order valence-corrected chi connectivity index (χ0v) is 7.61. The lowest BCUT2D eigenvalue weighted by atomic mass is 9.90. The smallest absolute Gasteiger partial charge is 0.368 e. The average Bonchev–Trinajstić information content (AvgIpc) is 2.20. The van der Waals surface area contributed by atoms with Crippen LogP contribution in [0.25, 0.3) is 0 Å². The maximum absolute atomic E-state index is 9.00. The van der Waals surface area contributed by atoms with Gasteiger partial charge in [-0.1, -0.05) is 19.3 Å². The molecule has 1 aliphatic carbocycles. The number of aliphatic carboxylic acids is 1. The highest BCUT2D eigenvalue weighted by atomic mass is 16.4. The van der Waals surface area contributed by atoms with Crippen molar-refractivity contribution in [2.24, 2.45) is 5.92 Å². The Hall–Kier alpha value is -0.900. The summed E-state index contributed by atoms with van der Waals surface area (Å²) in [7, 11) is 0. The number of carboxylic acids is 1. The minimum absolute atomic E-state index is 0.167. The van der Waals surface area contributed by atoms with Crippen LogP contribution < -0.4 is 0 Å². The van der Waals surface area contributed by atoms with E-state index < -0.39 is 5.97 Å². The van der Waals surface area contributed by atoms with Gasteiger partial charge < -0.3 is 10.2 Å². The van der Waals surface area contributed by atoms with E-state index in [0.717, 1.165) is 0 Å². The predicted octanol–water partition coefficient (Wildman–Crippen LogP) is 0.829. The molecule has 0 bridgehead atoms. The van der Waals surface area contributed by atoms with Crippen LogP contribution in [0.3, 0.4) is 0 Å². The van der Waals surface area contributed by atoms with Crippen LogP contribution in [0, 0.1) is 5.92 Å². The molecule has 0 atom stereocenters. The number of aldehydes is 1. The molecule has 1 fully saturated rings. The van der Waals surface area contributed by atoms with Crippen LogP contribution in [0.4, 0.5) is 0 Å². The Morgan fingerprint density at radius 2 is 1.77 bits per heavy atom. The van der Waals surface area contributed by atoms with Gasteiger partial charge in [0.1, 0.15) is 0 Å². The third-order valence-electron chi connectivity index (χ3n) is 2.08. The molecule has 1 aliphatic rings. The third kappa shape index (κ3) is 7.46. The van der Waals surface area contributed by atoms with Crippen LogP contribution in [0.2, 0.25) is 0 Å². The van der Waals surface area contributed by atoms with E-state index in [-0.39, 0.29) is 6.29 Å². The second-order valence-electron chi connectivity index (χ2n) is 3.14. The molecule has 0 spiro atoms. The van der Waals surface area contributed by atoms with E-state index in [9.17, 15) is 0 Å². The van der Waals surface area contributed by atoms with Crippen molar-refractivity contribution in [1.82, 2.24) is 0 Å². The highest BCUT2D eigenvalue weighted by Crippen LogP contribution is 2.22. The molecule has 0 aromatic heterocycles. The van der Waals surface area contributed by atoms with Crippen molar-refractivity contribution in [2.75, 3.05) is 6.61 Å². The zero-order chi connectivity index (χ0) is 10.1. The highest BCUT2D eigenvalue weighted by molar-refractivity contribution is 6.19. The van der Waals surface area contributed by atoms with E-state index in [0.29, 0.717) is 12.5 Å². The van der Waals surface area contributed by atoms with Gasteiger partial charge in [0.05, 0.1) is 0 Å². The molecular formula is C9H16O4. The molecule has 0 amide bonds. The normalized spacial score (nSPS) is 17.0. The maximum Gasteiger partial charge on any atom is 0.368 e. The summed E-state index contributed by atoms with van der Waals surface area (Å²) in [5.41, 5.74) is 0. The first-order chi connectivity index (χ1) is 6.20.